The second-order valence-corrected chi connectivity index (χ2v) is 8.57. The fraction of sp³-hybridized carbons (Fsp3) is 0.500. The highest BCUT2D eigenvalue weighted by molar-refractivity contribution is 6.30. The number of ether oxygens (including phenoxy) is 1. The van der Waals surface area contributed by atoms with Gasteiger partial charge in [0.2, 0.25) is 5.91 Å². The summed E-state index contributed by atoms with van der Waals surface area (Å²) >= 11 is 6.13. The maximum Gasteiger partial charge on any atom is 0.227 e. The molecule has 1 amide bonds. The van der Waals surface area contributed by atoms with Gasteiger partial charge in [-0.15, -0.1) is 0 Å². The number of hydrogen-bond acceptors (Lipinski definition) is 5. The van der Waals surface area contributed by atoms with Crippen LogP contribution >= 0.6 is 11.6 Å². The van der Waals surface area contributed by atoms with E-state index < -0.39 is 0 Å². The molecular weight excluding hydrogens is 388 g/mol. The van der Waals surface area contributed by atoms with Crippen LogP contribution in [0.5, 0.6) is 0 Å². The number of morpholine rings is 1. The molecule has 4 aliphatic heterocycles. The SMILES string of the molecule is O=C1CCCN1C1=CN2C(C=C1)NC(c1ccc(Cl)cc1)C2CN1CCOCC1. The summed E-state index contributed by atoms with van der Waals surface area (Å²) in [7, 11) is 0. The van der Waals surface area contributed by atoms with E-state index in [1.807, 2.05) is 17.0 Å². The van der Waals surface area contributed by atoms with Gasteiger partial charge in [-0.1, -0.05) is 23.7 Å². The van der Waals surface area contributed by atoms with Crippen LogP contribution in [0.15, 0.2) is 48.3 Å². The number of carbonyl (C=O) groups excluding carboxylic acids is 1. The topological polar surface area (TPSA) is 48.1 Å². The first-order chi connectivity index (χ1) is 14.2. The molecule has 3 unspecified atom stereocenters. The van der Waals surface area contributed by atoms with Gasteiger partial charge in [0.15, 0.2) is 0 Å². The second-order valence-electron chi connectivity index (χ2n) is 8.13. The number of nitrogens with one attached hydrogen (secondary N) is 1. The molecule has 4 aliphatic rings. The molecule has 0 bridgehead atoms. The lowest BCUT2D eigenvalue weighted by atomic mass is 9.99. The number of hydrogen-bond donors (Lipinski definition) is 1. The Labute approximate surface area is 176 Å². The Kier molecular flexibility index (Phi) is 5.35. The molecule has 3 atom stereocenters. The summed E-state index contributed by atoms with van der Waals surface area (Å²) in [6.45, 7) is 5.26. The van der Waals surface area contributed by atoms with Gasteiger partial charge in [-0.2, -0.15) is 0 Å². The Balaban J connectivity index is 1.44. The number of carbonyl (C=O) groups is 1. The zero-order valence-corrected chi connectivity index (χ0v) is 17.2. The van der Waals surface area contributed by atoms with Crippen LogP contribution in [0.4, 0.5) is 0 Å². The Hall–Kier alpha value is -1.86. The Morgan fingerprint density at radius 1 is 1.14 bits per heavy atom. The first-order valence-corrected chi connectivity index (χ1v) is 10.9. The number of likely N-dealkylation sites (tertiary alicyclic amines) is 1. The molecule has 1 aromatic carbocycles. The number of nitrogens with zero attached hydrogens (tertiary/aromatic N) is 3. The number of halogens is 1. The van der Waals surface area contributed by atoms with Gasteiger partial charge in [0.05, 0.1) is 37.2 Å². The third-order valence-electron chi connectivity index (χ3n) is 6.33. The van der Waals surface area contributed by atoms with Crippen LogP contribution in [-0.4, -0.2) is 72.2 Å². The minimum atomic E-state index is 0.128. The summed E-state index contributed by atoms with van der Waals surface area (Å²) in [5.74, 6) is 0.227. The predicted molar refractivity (Wildman–Crippen MR) is 112 cm³/mol. The van der Waals surface area contributed by atoms with E-state index in [4.69, 9.17) is 16.3 Å². The van der Waals surface area contributed by atoms with E-state index >= 15 is 0 Å². The van der Waals surface area contributed by atoms with Crippen molar-refractivity contribution in [2.45, 2.75) is 31.1 Å². The molecule has 29 heavy (non-hydrogen) atoms. The lowest BCUT2D eigenvalue weighted by Gasteiger charge is -2.36. The number of amides is 1. The average Bonchev–Trinajstić information content (AvgIpc) is 3.33. The van der Waals surface area contributed by atoms with Gasteiger partial charge in [-0.05, 0) is 36.3 Å². The molecule has 7 heteroatoms. The van der Waals surface area contributed by atoms with Crippen LogP contribution in [0.25, 0.3) is 0 Å². The van der Waals surface area contributed by atoms with Crippen molar-refractivity contribution in [1.82, 2.24) is 20.0 Å². The molecule has 5 rings (SSSR count). The van der Waals surface area contributed by atoms with Crippen LogP contribution < -0.4 is 5.32 Å². The van der Waals surface area contributed by atoms with Crippen molar-refractivity contribution >= 4 is 17.5 Å². The van der Waals surface area contributed by atoms with Gasteiger partial charge in [-0.25, -0.2) is 0 Å². The van der Waals surface area contributed by atoms with Gasteiger partial charge in [-0.3, -0.25) is 15.0 Å². The first-order valence-electron chi connectivity index (χ1n) is 10.5. The van der Waals surface area contributed by atoms with Crippen molar-refractivity contribution < 1.29 is 9.53 Å². The van der Waals surface area contributed by atoms with E-state index in [2.05, 4.69) is 45.6 Å². The standard InChI is InChI=1S/C22H27ClN4O2/c23-17-5-3-16(4-6-17)22-19(15-25-10-12-29-13-11-25)27-14-18(7-8-20(27)24-22)26-9-1-2-21(26)28/h3-8,14,19-20,22,24H,1-2,9-13,15H2. The number of allylic oxidation sites excluding steroid dienone is 1. The zero-order chi connectivity index (χ0) is 19.8. The van der Waals surface area contributed by atoms with E-state index in [9.17, 15) is 4.79 Å². The molecule has 0 aromatic heterocycles. The second kappa shape index (κ2) is 8.11. The smallest absolute Gasteiger partial charge is 0.227 e. The molecule has 0 saturated carbocycles. The van der Waals surface area contributed by atoms with Crippen LogP contribution in [0.2, 0.25) is 5.02 Å². The quantitative estimate of drug-likeness (QED) is 0.819. The van der Waals surface area contributed by atoms with Crippen LogP contribution in [-0.2, 0) is 9.53 Å². The summed E-state index contributed by atoms with van der Waals surface area (Å²) in [5, 5.41) is 4.53. The van der Waals surface area contributed by atoms with Crippen molar-refractivity contribution in [2.24, 2.45) is 0 Å². The summed E-state index contributed by atoms with van der Waals surface area (Å²) in [5.41, 5.74) is 2.25. The highest BCUT2D eigenvalue weighted by atomic mass is 35.5. The van der Waals surface area contributed by atoms with Gasteiger partial charge < -0.3 is 14.5 Å². The first kappa shape index (κ1) is 19.1. The highest BCUT2D eigenvalue weighted by Gasteiger charge is 2.41. The van der Waals surface area contributed by atoms with Crippen molar-refractivity contribution in [2.75, 3.05) is 39.4 Å². The zero-order valence-electron chi connectivity index (χ0n) is 16.5. The number of fused-ring (bicyclic) bond motifs is 1. The van der Waals surface area contributed by atoms with Crippen LogP contribution in [0.3, 0.4) is 0 Å². The van der Waals surface area contributed by atoms with Crippen molar-refractivity contribution in [3.63, 3.8) is 0 Å². The molecule has 3 saturated heterocycles. The fourth-order valence-corrected chi connectivity index (χ4v) is 4.92. The lowest BCUT2D eigenvalue weighted by molar-refractivity contribution is -0.125. The number of benzene rings is 1. The third kappa shape index (κ3) is 3.82. The fourth-order valence-electron chi connectivity index (χ4n) is 4.79. The minimum Gasteiger partial charge on any atom is -0.379 e. The molecule has 0 aliphatic carbocycles. The van der Waals surface area contributed by atoms with E-state index in [0.717, 1.165) is 56.5 Å². The van der Waals surface area contributed by atoms with Crippen LogP contribution in [0, 0.1) is 0 Å². The van der Waals surface area contributed by atoms with E-state index in [0.29, 0.717) is 6.42 Å². The maximum absolute atomic E-state index is 12.3. The Morgan fingerprint density at radius 2 is 1.93 bits per heavy atom. The Morgan fingerprint density at radius 3 is 2.66 bits per heavy atom. The van der Waals surface area contributed by atoms with Crippen molar-refractivity contribution in [3.8, 4) is 0 Å². The molecule has 6 nitrogen and oxygen atoms in total. The van der Waals surface area contributed by atoms with Gasteiger partial charge >= 0.3 is 0 Å². The minimum absolute atomic E-state index is 0.128. The Bertz CT molecular complexity index is 819. The predicted octanol–water partition coefficient (Wildman–Crippen LogP) is 2.35. The van der Waals surface area contributed by atoms with E-state index in [-0.39, 0.29) is 24.2 Å². The van der Waals surface area contributed by atoms with E-state index in [1.165, 1.54) is 5.56 Å². The van der Waals surface area contributed by atoms with Gasteiger partial charge in [0, 0.05) is 43.8 Å². The molecule has 3 fully saturated rings. The van der Waals surface area contributed by atoms with Gasteiger partial charge in [0.1, 0.15) is 0 Å². The summed E-state index contributed by atoms with van der Waals surface area (Å²) < 4.78 is 5.54. The average molecular weight is 415 g/mol. The summed E-state index contributed by atoms with van der Waals surface area (Å²) in [6.07, 6.45) is 8.18. The third-order valence-corrected chi connectivity index (χ3v) is 6.59. The normalized spacial score (nSPS) is 30.0. The molecule has 154 valence electrons. The lowest BCUT2D eigenvalue weighted by Crippen LogP contribution is -2.47. The summed E-state index contributed by atoms with van der Waals surface area (Å²) in [4.78, 5) is 19.1. The monoisotopic (exact) mass is 414 g/mol. The molecular formula is C22H27ClN4O2. The molecule has 1 N–H and O–H groups in total. The largest absolute Gasteiger partial charge is 0.379 e. The molecule has 0 spiro atoms. The van der Waals surface area contributed by atoms with Crippen LogP contribution in [0.1, 0.15) is 24.4 Å². The summed E-state index contributed by atoms with van der Waals surface area (Å²) in [6, 6.07) is 8.60. The molecule has 0 radical (unpaired) electrons. The van der Waals surface area contributed by atoms with Crippen molar-refractivity contribution in [3.05, 3.63) is 58.9 Å². The van der Waals surface area contributed by atoms with E-state index in [1.54, 1.807) is 0 Å². The molecule has 1 aromatic rings. The van der Waals surface area contributed by atoms with Crippen molar-refractivity contribution in [1.29, 1.82) is 0 Å². The highest BCUT2D eigenvalue weighted by Crippen LogP contribution is 2.35. The maximum atomic E-state index is 12.3. The number of rotatable bonds is 4. The molecule has 4 heterocycles. The van der Waals surface area contributed by atoms with Gasteiger partial charge in [0.25, 0.3) is 0 Å².